The fourth-order valence-electron chi connectivity index (χ4n) is 2.44. The first kappa shape index (κ1) is 14.8. The van der Waals surface area contributed by atoms with Gasteiger partial charge in [0.2, 0.25) is 5.91 Å². The zero-order valence-electron chi connectivity index (χ0n) is 12.4. The van der Waals surface area contributed by atoms with Crippen molar-refractivity contribution < 1.29 is 4.79 Å². The van der Waals surface area contributed by atoms with Crippen LogP contribution in [0.3, 0.4) is 0 Å². The van der Waals surface area contributed by atoms with E-state index in [-0.39, 0.29) is 11.9 Å². The van der Waals surface area contributed by atoms with Crippen molar-refractivity contribution in [3.8, 4) is 0 Å². The lowest BCUT2D eigenvalue weighted by molar-refractivity contribution is -0.126. The van der Waals surface area contributed by atoms with E-state index in [1.54, 1.807) is 0 Å². The number of aromatic nitrogens is 1. The molecule has 0 aromatic carbocycles. The Morgan fingerprint density at radius 3 is 2.70 bits per heavy atom. The second-order valence-electron chi connectivity index (χ2n) is 5.18. The zero-order valence-corrected chi connectivity index (χ0v) is 12.4. The van der Waals surface area contributed by atoms with Gasteiger partial charge in [0, 0.05) is 38.9 Å². The van der Waals surface area contributed by atoms with Crippen LogP contribution in [0.25, 0.3) is 0 Å². The lowest BCUT2D eigenvalue weighted by Gasteiger charge is -2.37. The van der Waals surface area contributed by atoms with E-state index in [1.165, 1.54) is 0 Å². The molecule has 1 aliphatic rings. The molecular formula is C15H24N4O. The van der Waals surface area contributed by atoms with Gasteiger partial charge in [-0.05, 0) is 25.5 Å². The quantitative estimate of drug-likeness (QED) is 0.875. The Balaban J connectivity index is 1.83. The molecule has 0 bridgehead atoms. The van der Waals surface area contributed by atoms with Crippen molar-refractivity contribution in [3.05, 3.63) is 24.4 Å². The van der Waals surface area contributed by atoms with Crippen molar-refractivity contribution in [2.24, 2.45) is 0 Å². The summed E-state index contributed by atoms with van der Waals surface area (Å²) in [5, 5.41) is 2.97. The Labute approximate surface area is 121 Å². The Bertz CT molecular complexity index is 415. The van der Waals surface area contributed by atoms with Gasteiger partial charge >= 0.3 is 0 Å². The van der Waals surface area contributed by atoms with Gasteiger partial charge in [-0.1, -0.05) is 13.0 Å². The van der Waals surface area contributed by atoms with Crippen LogP contribution >= 0.6 is 0 Å². The molecule has 110 valence electrons. The summed E-state index contributed by atoms with van der Waals surface area (Å²) in [6, 6.07) is 5.93. The molecule has 0 spiro atoms. The van der Waals surface area contributed by atoms with Crippen LogP contribution in [-0.4, -0.2) is 54.6 Å². The fourth-order valence-corrected chi connectivity index (χ4v) is 2.44. The normalized spacial score (nSPS) is 17.8. The zero-order chi connectivity index (χ0) is 14.4. The van der Waals surface area contributed by atoms with Crippen LogP contribution in [0.5, 0.6) is 0 Å². The van der Waals surface area contributed by atoms with Crippen molar-refractivity contribution in [1.82, 2.24) is 15.2 Å². The van der Waals surface area contributed by atoms with Gasteiger partial charge in [-0.15, -0.1) is 0 Å². The van der Waals surface area contributed by atoms with E-state index in [0.29, 0.717) is 0 Å². The molecule has 1 saturated heterocycles. The van der Waals surface area contributed by atoms with Gasteiger partial charge in [-0.3, -0.25) is 9.69 Å². The summed E-state index contributed by atoms with van der Waals surface area (Å²) >= 11 is 0. The van der Waals surface area contributed by atoms with Gasteiger partial charge in [0.15, 0.2) is 0 Å². The topological polar surface area (TPSA) is 48.5 Å². The maximum atomic E-state index is 12.0. The van der Waals surface area contributed by atoms with E-state index in [0.717, 1.165) is 45.0 Å². The molecule has 0 saturated carbocycles. The minimum absolute atomic E-state index is 0.0487. The smallest absolute Gasteiger partial charge is 0.237 e. The molecule has 1 fully saturated rings. The maximum Gasteiger partial charge on any atom is 0.237 e. The largest absolute Gasteiger partial charge is 0.355 e. The lowest BCUT2D eigenvalue weighted by atomic mass is 10.2. The summed E-state index contributed by atoms with van der Waals surface area (Å²) in [6.07, 6.45) is 2.80. The monoisotopic (exact) mass is 276 g/mol. The molecule has 0 unspecified atom stereocenters. The Hall–Kier alpha value is -1.62. The van der Waals surface area contributed by atoms with Gasteiger partial charge in [0.25, 0.3) is 0 Å². The summed E-state index contributed by atoms with van der Waals surface area (Å²) in [5.41, 5.74) is 0. The number of carbonyl (C=O) groups excluding carboxylic acids is 1. The van der Waals surface area contributed by atoms with Gasteiger partial charge in [-0.2, -0.15) is 0 Å². The van der Waals surface area contributed by atoms with E-state index >= 15 is 0 Å². The maximum absolute atomic E-state index is 12.0. The standard InChI is InChI=1S/C15H24N4O/c1-3-7-17-15(20)13(2)18-9-11-19(12-10-18)14-6-4-5-8-16-14/h4-6,8,13H,3,7,9-12H2,1-2H3,(H,17,20)/t13-/m1/s1. The molecule has 1 amide bonds. The Morgan fingerprint density at radius 1 is 1.35 bits per heavy atom. The van der Waals surface area contributed by atoms with Crippen LogP contribution < -0.4 is 10.2 Å². The van der Waals surface area contributed by atoms with Crippen molar-refractivity contribution in [2.45, 2.75) is 26.3 Å². The Morgan fingerprint density at radius 2 is 2.10 bits per heavy atom. The van der Waals surface area contributed by atoms with E-state index in [1.807, 2.05) is 31.3 Å². The summed E-state index contributed by atoms with van der Waals surface area (Å²) in [5.74, 6) is 1.16. The van der Waals surface area contributed by atoms with Gasteiger partial charge < -0.3 is 10.2 Å². The van der Waals surface area contributed by atoms with Crippen molar-refractivity contribution in [3.63, 3.8) is 0 Å². The number of nitrogens with zero attached hydrogens (tertiary/aromatic N) is 3. The number of anilines is 1. The number of rotatable bonds is 5. The average molecular weight is 276 g/mol. The number of hydrogen-bond donors (Lipinski definition) is 1. The van der Waals surface area contributed by atoms with E-state index in [9.17, 15) is 4.79 Å². The van der Waals surface area contributed by atoms with Crippen molar-refractivity contribution >= 4 is 11.7 Å². The second kappa shape index (κ2) is 7.24. The van der Waals surface area contributed by atoms with Crippen molar-refractivity contribution in [1.29, 1.82) is 0 Å². The fraction of sp³-hybridized carbons (Fsp3) is 0.600. The number of carbonyl (C=O) groups is 1. The second-order valence-corrected chi connectivity index (χ2v) is 5.18. The third-order valence-electron chi connectivity index (χ3n) is 3.76. The summed E-state index contributed by atoms with van der Waals surface area (Å²) < 4.78 is 0. The molecule has 2 rings (SSSR count). The van der Waals surface area contributed by atoms with Gasteiger partial charge in [0.05, 0.1) is 6.04 Å². The molecule has 1 N–H and O–H groups in total. The van der Waals surface area contributed by atoms with Crippen LogP contribution in [-0.2, 0) is 4.79 Å². The highest BCUT2D eigenvalue weighted by Crippen LogP contribution is 2.13. The molecule has 5 heteroatoms. The number of amides is 1. The van der Waals surface area contributed by atoms with Crippen molar-refractivity contribution in [2.75, 3.05) is 37.6 Å². The average Bonchev–Trinajstić information content (AvgIpc) is 2.53. The number of nitrogens with one attached hydrogen (secondary N) is 1. The predicted molar refractivity (Wildman–Crippen MR) is 80.8 cm³/mol. The van der Waals surface area contributed by atoms with E-state index in [4.69, 9.17) is 0 Å². The molecule has 1 aromatic rings. The number of pyridine rings is 1. The SMILES string of the molecule is CCCNC(=O)[C@@H](C)N1CCN(c2ccccn2)CC1. The highest BCUT2D eigenvalue weighted by molar-refractivity contribution is 5.81. The van der Waals surface area contributed by atoms with Gasteiger partial charge in [0.1, 0.15) is 5.82 Å². The van der Waals surface area contributed by atoms with Gasteiger partial charge in [-0.25, -0.2) is 4.98 Å². The minimum Gasteiger partial charge on any atom is -0.355 e. The molecule has 1 aliphatic heterocycles. The van der Waals surface area contributed by atoms with Crippen LogP contribution in [0.4, 0.5) is 5.82 Å². The molecule has 0 aliphatic carbocycles. The van der Waals surface area contributed by atoms with E-state index in [2.05, 4.69) is 27.0 Å². The predicted octanol–water partition coefficient (Wildman–Crippen LogP) is 1.12. The summed E-state index contributed by atoms with van der Waals surface area (Å²) in [7, 11) is 0. The summed E-state index contributed by atoms with van der Waals surface area (Å²) in [4.78, 5) is 20.9. The third kappa shape index (κ3) is 3.70. The molecule has 20 heavy (non-hydrogen) atoms. The number of piperazine rings is 1. The summed E-state index contributed by atoms with van der Waals surface area (Å²) in [6.45, 7) is 8.45. The molecule has 2 heterocycles. The molecular weight excluding hydrogens is 252 g/mol. The number of hydrogen-bond acceptors (Lipinski definition) is 4. The highest BCUT2D eigenvalue weighted by Gasteiger charge is 2.25. The van der Waals surface area contributed by atoms with Crippen LogP contribution in [0, 0.1) is 0 Å². The van der Waals surface area contributed by atoms with Crippen LogP contribution in [0.15, 0.2) is 24.4 Å². The van der Waals surface area contributed by atoms with E-state index < -0.39 is 0 Å². The molecule has 0 radical (unpaired) electrons. The third-order valence-corrected chi connectivity index (χ3v) is 3.76. The molecule has 5 nitrogen and oxygen atoms in total. The Kier molecular flexibility index (Phi) is 5.35. The van der Waals surface area contributed by atoms with Crippen LogP contribution in [0.1, 0.15) is 20.3 Å². The van der Waals surface area contributed by atoms with Crippen LogP contribution in [0.2, 0.25) is 0 Å². The molecule has 1 atom stereocenters. The lowest BCUT2D eigenvalue weighted by Crippen LogP contribution is -2.54. The first-order valence-corrected chi connectivity index (χ1v) is 7.40. The minimum atomic E-state index is -0.0487. The first-order chi connectivity index (χ1) is 9.72. The molecule has 1 aromatic heterocycles. The highest BCUT2D eigenvalue weighted by atomic mass is 16.2. The first-order valence-electron chi connectivity index (χ1n) is 7.40.